The van der Waals surface area contributed by atoms with Gasteiger partial charge in [0, 0.05) is 23.5 Å². The summed E-state index contributed by atoms with van der Waals surface area (Å²) in [6.07, 6.45) is 4.34. The second-order valence-corrected chi connectivity index (χ2v) is 3.09. The summed E-state index contributed by atoms with van der Waals surface area (Å²) in [5.74, 6) is -0.409. The average Bonchev–Trinajstić information content (AvgIpc) is 2.23. The van der Waals surface area contributed by atoms with Crippen LogP contribution < -0.4 is 0 Å². The minimum atomic E-state index is -0.409. The molecule has 0 N–H and O–H groups in total. The van der Waals surface area contributed by atoms with Crippen molar-refractivity contribution >= 4 is 11.6 Å². The van der Waals surface area contributed by atoms with Crippen LogP contribution in [-0.4, -0.2) is 9.97 Å². The largest absolute Gasteiger partial charge is 0.264 e. The molecule has 0 saturated heterocycles. The highest BCUT2D eigenvalue weighted by atomic mass is 35.5. The zero-order chi connectivity index (χ0) is 9.97. The van der Waals surface area contributed by atoms with Crippen LogP contribution in [0, 0.1) is 5.82 Å². The molecule has 0 aliphatic rings. The zero-order valence-corrected chi connectivity index (χ0v) is 7.87. The van der Waals surface area contributed by atoms with E-state index in [2.05, 4.69) is 9.97 Å². The first-order valence-electron chi connectivity index (χ1n) is 3.99. The molecule has 70 valence electrons. The van der Waals surface area contributed by atoms with Gasteiger partial charge in [-0.3, -0.25) is 4.98 Å². The Balaban J connectivity index is 2.57. The third kappa shape index (κ3) is 1.72. The molecule has 0 aliphatic carbocycles. The first-order chi connectivity index (χ1) is 6.77. The van der Waals surface area contributed by atoms with E-state index >= 15 is 0 Å². The summed E-state index contributed by atoms with van der Waals surface area (Å²) in [6, 6.07) is 4.90. The van der Waals surface area contributed by atoms with E-state index in [1.807, 2.05) is 0 Å². The van der Waals surface area contributed by atoms with Gasteiger partial charge in [0.1, 0.15) is 11.0 Å². The second-order valence-electron chi connectivity index (χ2n) is 2.73. The minimum Gasteiger partial charge on any atom is -0.264 e. The first kappa shape index (κ1) is 9.09. The van der Waals surface area contributed by atoms with E-state index in [1.165, 1.54) is 6.07 Å². The number of pyridine rings is 2. The summed E-state index contributed by atoms with van der Waals surface area (Å²) in [4.78, 5) is 7.64. The molecule has 0 radical (unpaired) electrons. The molecular weight excluding hydrogens is 203 g/mol. The van der Waals surface area contributed by atoms with Gasteiger partial charge in [-0.05, 0) is 12.1 Å². The van der Waals surface area contributed by atoms with Crippen LogP contribution in [0.2, 0.25) is 5.15 Å². The van der Waals surface area contributed by atoms with E-state index in [1.54, 1.807) is 24.5 Å². The Kier molecular flexibility index (Phi) is 2.41. The maximum atomic E-state index is 12.9. The SMILES string of the molecule is Fc1cnc(Cl)c(-c2cccnc2)c1. The molecule has 4 heteroatoms. The van der Waals surface area contributed by atoms with Crippen molar-refractivity contribution in [2.75, 3.05) is 0 Å². The van der Waals surface area contributed by atoms with Crippen LogP contribution in [0.3, 0.4) is 0 Å². The Morgan fingerprint density at radius 1 is 1.29 bits per heavy atom. The molecule has 2 nitrogen and oxygen atoms in total. The Labute approximate surface area is 85.4 Å². The van der Waals surface area contributed by atoms with E-state index in [0.717, 1.165) is 11.8 Å². The van der Waals surface area contributed by atoms with Gasteiger partial charge >= 0.3 is 0 Å². The predicted molar refractivity (Wildman–Crippen MR) is 52.4 cm³/mol. The zero-order valence-electron chi connectivity index (χ0n) is 7.11. The lowest BCUT2D eigenvalue weighted by Gasteiger charge is -2.02. The lowest BCUT2D eigenvalue weighted by molar-refractivity contribution is 0.622. The van der Waals surface area contributed by atoms with Crippen molar-refractivity contribution in [3.8, 4) is 11.1 Å². The smallest absolute Gasteiger partial charge is 0.142 e. The van der Waals surface area contributed by atoms with Crippen molar-refractivity contribution in [1.82, 2.24) is 9.97 Å². The fraction of sp³-hybridized carbons (Fsp3) is 0. The third-order valence-electron chi connectivity index (χ3n) is 1.78. The molecule has 2 aromatic heterocycles. The van der Waals surface area contributed by atoms with Gasteiger partial charge in [-0.1, -0.05) is 17.7 Å². The highest BCUT2D eigenvalue weighted by Crippen LogP contribution is 2.25. The van der Waals surface area contributed by atoms with Crippen molar-refractivity contribution in [3.63, 3.8) is 0 Å². The van der Waals surface area contributed by atoms with Crippen molar-refractivity contribution in [3.05, 3.63) is 47.8 Å². The highest BCUT2D eigenvalue weighted by molar-refractivity contribution is 6.32. The van der Waals surface area contributed by atoms with Crippen LogP contribution in [0.4, 0.5) is 4.39 Å². The maximum absolute atomic E-state index is 12.9. The van der Waals surface area contributed by atoms with Crippen LogP contribution in [-0.2, 0) is 0 Å². The van der Waals surface area contributed by atoms with Gasteiger partial charge in [0.05, 0.1) is 6.20 Å². The predicted octanol–water partition coefficient (Wildman–Crippen LogP) is 2.94. The van der Waals surface area contributed by atoms with Gasteiger partial charge in [0.2, 0.25) is 0 Å². The lowest BCUT2D eigenvalue weighted by Crippen LogP contribution is -1.86. The standard InChI is InChI=1S/C10H6ClFN2/c11-10-9(4-8(12)6-14-10)7-2-1-3-13-5-7/h1-6H. The summed E-state index contributed by atoms with van der Waals surface area (Å²) in [5.41, 5.74) is 1.31. The summed E-state index contributed by atoms with van der Waals surface area (Å²) in [7, 11) is 0. The molecule has 0 aromatic carbocycles. The monoisotopic (exact) mass is 208 g/mol. The highest BCUT2D eigenvalue weighted by Gasteiger charge is 2.05. The topological polar surface area (TPSA) is 25.8 Å². The van der Waals surface area contributed by atoms with E-state index in [-0.39, 0.29) is 5.15 Å². The molecule has 0 spiro atoms. The first-order valence-corrected chi connectivity index (χ1v) is 4.36. The number of hydrogen-bond acceptors (Lipinski definition) is 2. The summed E-state index contributed by atoms with van der Waals surface area (Å²) < 4.78 is 12.9. The number of halogens is 2. The van der Waals surface area contributed by atoms with Gasteiger partial charge in [0.25, 0.3) is 0 Å². The van der Waals surface area contributed by atoms with Gasteiger partial charge in [-0.2, -0.15) is 0 Å². The van der Waals surface area contributed by atoms with Crippen molar-refractivity contribution in [2.45, 2.75) is 0 Å². The molecule has 2 rings (SSSR count). The van der Waals surface area contributed by atoms with Crippen LogP contribution in [0.1, 0.15) is 0 Å². The summed E-state index contributed by atoms with van der Waals surface area (Å²) in [5, 5.41) is 0.277. The summed E-state index contributed by atoms with van der Waals surface area (Å²) >= 11 is 5.83. The van der Waals surface area contributed by atoms with Gasteiger partial charge < -0.3 is 0 Å². The maximum Gasteiger partial charge on any atom is 0.142 e. The molecule has 2 heterocycles. The molecular formula is C10H6ClFN2. The molecule has 2 aromatic rings. The Morgan fingerprint density at radius 2 is 2.14 bits per heavy atom. The van der Waals surface area contributed by atoms with E-state index in [4.69, 9.17) is 11.6 Å². The van der Waals surface area contributed by atoms with Gasteiger partial charge in [-0.15, -0.1) is 0 Å². The third-order valence-corrected chi connectivity index (χ3v) is 2.08. The Morgan fingerprint density at radius 3 is 2.86 bits per heavy atom. The number of rotatable bonds is 1. The number of nitrogens with zero attached hydrogens (tertiary/aromatic N) is 2. The molecule has 0 saturated carbocycles. The fourth-order valence-electron chi connectivity index (χ4n) is 1.15. The molecule has 0 bridgehead atoms. The quantitative estimate of drug-likeness (QED) is 0.674. The van der Waals surface area contributed by atoms with E-state index < -0.39 is 5.82 Å². The molecule has 0 unspecified atom stereocenters. The van der Waals surface area contributed by atoms with Crippen molar-refractivity contribution in [2.24, 2.45) is 0 Å². The fourth-order valence-corrected chi connectivity index (χ4v) is 1.36. The Bertz CT molecular complexity index is 445. The number of aromatic nitrogens is 2. The molecule has 0 amide bonds. The lowest BCUT2D eigenvalue weighted by atomic mass is 10.1. The van der Waals surface area contributed by atoms with Crippen LogP contribution in [0.25, 0.3) is 11.1 Å². The minimum absolute atomic E-state index is 0.277. The van der Waals surface area contributed by atoms with Crippen molar-refractivity contribution < 1.29 is 4.39 Å². The second kappa shape index (κ2) is 3.72. The molecule has 0 aliphatic heterocycles. The van der Waals surface area contributed by atoms with Gasteiger partial charge in [-0.25, -0.2) is 9.37 Å². The average molecular weight is 209 g/mol. The van der Waals surface area contributed by atoms with Crippen LogP contribution in [0.15, 0.2) is 36.8 Å². The summed E-state index contributed by atoms with van der Waals surface area (Å²) in [6.45, 7) is 0. The van der Waals surface area contributed by atoms with E-state index in [9.17, 15) is 4.39 Å². The van der Waals surface area contributed by atoms with Crippen LogP contribution in [0.5, 0.6) is 0 Å². The molecule has 14 heavy (non-hydrogen) atoms. The molecule has 0 fully saturated rings. The molecule has 0 atom stereocenters. The van der Waals surface area contributed by atoms with E-state index in [0.29, 0.717) is 5.56 Å². The number of hydrogen-bond donors (Lipinski definition) is 0. The van der Waals surface area contributed by atoms with Gasteiger partial charge in [0.15, 0.2) is 0 Å². The van der Waals surface area contributed by atoms with Crippen LogP contribution >= 0.6 is 11.6 Å². The normalized spacial score (nSPS) is 10.1. The Hall–Kier alpha value is -1.48. The van der Waals surface area contributed by atoms with Crippen molar-refractivity contribution in [1.29, 1.82) is 0 Å².